The summed E-state index contributed by atoms with van der Waals surface area (Å²) in [6.45, 7) is 5.94. The predicted molar refractivity (Wildman–Crippen MR) is 53.9 cm³/mol. The molecule has 0 aromatic carbocycles. The molecule has 5 heteroatoms. The molecular formula is C9H19N3O2. The van der Waals surface area contributed by atoms with Crippen LogP contribution in [0.3, 0.4) is 0 Å². The summed E-state index contributed by atoms with van der Waals surface area (Å²) >= 11 is 0. The van der Waals surface area contributed by atoms with Crippen LogP contribution in [0.5, 0.6) is 0 Å². The molecule has 1 atom stereocenters. The molecule has 82 valence electrons. The number of hydrogen-bond acceptors (Lipinski definition) is 4. The van der Waals surface area contributed by atoms with Gasteiger partial charge in [0.25, 0.3) is 0 Å². The van der Waals surface area contributed by atoms with Crippen molar-refractivity contribution in [1.82, 2.24) is 10.2 Å². The maximum absolute atomic E-state index is 11.1. The van der Waals surface area contributed by atoms with Gasteiger partial charge in [0, 0.05) is 32.8 Å². The Morgan fingerprint density at radius 2 is 2.50 bits per heavy atom. The van der Waals surface area contributed by atoms with E-state index >= 15 is 0 Å². The number of piperazine rings is 1. The van der Waals surface area contributed by atoms with Gasteiger partial charge in [-0.1, -0.05) is 0 Å². The molecule has 1 heterocycles. The normalized spacial score (nSPS) is 20.6. The first-order valence-electron chi connectivity index (χ1n) is 5.07. The van der Waals surface area contributed by atoms with Crippen molar-refractivity contribution < 1.29 is 9.53 Å². The zero-order valence-electron chi connectivity index (χ0n) is 8.66. The molecule has 1 fully saturated rings. The van der Waals surface area contributed by atoms with E-state index in [2.05, 4.69) is 10.2 Å². The highest BCUT2D eigenvalue weighted by atomic mass is 16.5. The number of hydrogen-bond donors (Lipinski definition) is 2. The third-order valence-electron chi connectivity index (χ3n) is 2.24. The summed E-state index contributed by atoms with van der Waals surface area (Å²) in [5.74, 6) is 0.0866. The smallest absolute Gasteiger partial charge is 0.234 e. The van der Waals surface area contributed by atoms with Crippen molar-refractivity contribution in [1.29, 1.82) is 0 Å². The van der Waals surface area contributed by atoms with Crippen LogP contribution in [-0.4, -0.2) is 56.2 Å². The van der Waals surface area contributed by atoms with Crippen molar-refractivity contribution in [2.24, 2.45) is 5.73 Å². The van der Waals surface area contributed by atoms with Crippen molar-refractivity contribution in [3.8, 4) is 0 Å². The summed E-state index contributed by atoms with van der Waals surface area (Å²) in [6.07, 6.45) is 0.0471. The van der Waals surface area contributed by atoms with Gasteiger partial charge in [0.05, 0.1) is 12.6 Å². The van der Waals surface area contributed by atoms with E-state index < -0.39 is 0 Å². The van der Waals surface area contributed by atoms with Crippen LogP contribution in [0.25, 0.3) is 0 Å². The second kappa shape index (κ2) is 5.95. The van der Waals surface area contributed by atoms with Crippen LogP contribution in [-0.2, 0) is 9.53 Å². The van der Waals surface area contributed by atoms with Gasteiger partial charge >= 0.3 is 0 Å². The first-order valence-corrected chi connectivity index (χ1v) is 5.07. The van der Waals surface area contributed by atoms with Crippen LogP contribution < -0.4 is 11.1 Å². The Hall–Kier alpha value is -0.650. The molecule has 3 N–H and O–H groups in total. The van der Waals surface area contributed by atoms with Crippen molar-refractivity contribution in [2.45, 2.75) is 13.0 Å². The number of ether oxygens (including phenoxy) is 1. The Balaban J connectivity index is 2.29. The van der Waals surface area contributed by atoms with Crippen molar-refractivity contribution in [3.63, 3.8) is 0 Å². The summed E-state index contributed by atoms with van der Waals surface area (Å²) in [4.78, 5) is 13.2. The molecule has 0 saturated carbocycles. The fraction of sp³-hybridized carbons (Fsp3) is 0.889. The number of rotatable bonds is 5. The highest BCUT2D eigenvalue weighted by molar-refractivity contribution is 5.78. The average Bonchev–Trinajstić information content (AvgIpc) is 2.17. The number of nitrogens with two attached hydrogens (primary N) is 1. The Labute approximate surface area is 84.6 Å². The third-order valence-corrected chi connectivity index (χ3v) is 2.24. The number of carbonyl (C=O) groups excluding carboxylic acids is 1. The van der Waals surface area contributed by atoms with Gasteiger partial charge in [-0.05, 0) is 6.92 Å². The Morgan fingerprint density at radius 3 is 3.07 bits per heavy atom. The summed E-state index contributed by atoms with van der Waals surface area (Å²) in [7, 11) is 0. The number of carbonyl (C=O) groups is 1. The fourth-order valence-electron chi connectivity index (χ4n) is 1.57. The van der Waals surface area contributed by atoms with E-state index in [1.807, 2.05) is 6.92 Å². The average molecular weight is 201 g/mol. The van der Waals surface area contributed by atoms with Gasteiger partial charge in [-0.3, -0.25) is 9.69 Å². The zero-order chi connectivity index (χ0) is 10.4. The Bertz CT molecular complexity index is 187. The molecule has 0 spiro atoms. The minimum absolute atomic E-state index is 0.0471. The molecule has 0 aromatic rings. The third kappa shape index (κ3) is 3.61. The molecule has 0 radical (unpaired) electrons. The summed E-state index contributed by atoms with van der Waals surface area (Å²) in [6, 6.07) is 0. The standard InChI is InChI=1S/C9H19N3O2/c1-2-14-8(5-10)6-12-4-3-11-9(13)7-12/h8H,2-7,10H2,1H3,(H,11,13). The minimum atomic E-state index is 0.0471. The van der Waals surface area contributed by atoms with E-state index in [0.29, 0.717) is 19.7 Å². The van der Waals surface area contributed by atoms with E-state index in [0.717, 1.165) is 19.6 Å². The van der Waals surface area contributed by atoms with Gasteiger partial charge in [-0.25, -0.2) is 0 Å². The van der Waals surface area contributed by atoms with Crippen molar-refractivity contribution >= 4 is 5.91 Å². The van der Waals surface area contributed by atoms with Crippen molar-refractivity contribution in [2.75, 3.05) is 39.3 Å². The number of nitrogens with zero attached hydrogens (tertiary/aromatic N) is 1. The van der Waals surface area contributed by atoms with Crippen LogP contribution in [0, 0.1) is 0 Å². The monoisotopic (exact) mass is 201 g/mol. The molecule has 1 saturated heterocycles. The van der Waals surface area contributed by atoms with Gasteiger partial charge in [0.2, 0.25) is 5.91 Å². The van der Waals surface area contributed by atoms with E-state index in [1.165, 1.54) is 0 Å². The first-order chi connectivity index (χ1) is 6.76. The SMILES string of the molecule is CCOC(CN)CN1CCNC(=O)C1. The topological polar surface area (TPSA) is 67.6 Å². The summed E-state index contributed by atoms with van der Waals surface area (Å²) < 4.78 is 5.43. The van der Waals surface area contributed by atoms with Crippen LogP contribution >= 0.6 is 0 Å². The van der Waals surface area contributed by atoms with Gasteiger partial charge < -0.3 is 15.8 Å². The molecule has 5 nitrogen and oxygen atoms in total. The van der Waals surface area contributed by atoms with Gasteiger partial charge in [-0.2, -0.15) is 0 Å². The minimum Gasteiger partial charge on any atom is -0.376 e. The summed E-state index contributed by atoms with van der Waals surface area (Å²) in [5.41, 5.74) is 5.56. The Kier molecular flexibility index (Phi) is 4.86. The molecule has 0 aromatic heterocycles. The number of amides is 1. The lowest BCUT2D eigenvalue weighted by Crippen LogP contribution is -2.51. The van der Waals surface area contributed by atoms with Crippen LogP contribution in [0.4, 0.5) is 0 Å². The molecular weight excluding hydrogens is 182 g/mol. The fourth-order valence-corrected chi connectivity index (χ4v) is 1.57. The quantitative estimate of drug-likeness (QED) is 0.585. The molecule has 0 aliphatic carbocycles. The molecule has 1 aliphatic heterocycles. The lowest BCUT2D eigenvalue weighted by molar-refractivity contribution is -0.124. The highest BCUT2D eigenvalue weighted by Gasteiger charge is 2.19. The highest BCUT2D eigenvalue weighted by Crippen LogP contribution is 1.98. The molecule has 1 unspecified atom stereocenters. The van der Waals surface area contributed by atoms with Crippen LogP contribution in [0.2, 0.25) is 0 Å². The molecule has 1 rings (SSSR count). The van der Waals surface area contributed by atoms with Gasteiger partial charge in [0.1, 0.15) is 0 Å². The van der Waals surface area contributed by atoms with Gasteiger partial charge in [0.15, 0.2) is 0 Å². The maximum atomic E-state index is 11.1. The van der Waals surface area contributed by atoms with E-state index in [-0.39, 0.29) is 12.0 Å². The molecule has 1 amide bonds. The molecule has 1 aliphatic rings. The lowest BCUT2D eigenvalue weighted by Gasteiger charge is -2.29. The Morgan fingerprint density at radius 1 is 1.71 bits per heavy atom. The van der Waals surface area contributed by atoms with E-state index in [9.17, 15) is 4.79 Å². The molecule has 14 heavy (non-hydrogen) atoms. The van der Waals surface area contributed by atoms with E-state index in [1.54, 1.807) is 0 Å². The first kappa shape index (κ1) is 11.4. The maximum Gasteiger partial charge on any atom is 0.234 e. The second-order valence-electron chi connectivity index (χ2n) is 3.40. The second-order valence-corrected chi connectivity index (χ2v) is 3.40. The molecule has 0 bridgehead atoms. The van der Waals surface area contributed by atoms with Crippen LogP contribution in [0.15, 0.2) is 0 Å². The van der Waals surface area contributed by atoms with Crippen LogP contribution in [0.1, 0.15) is 6.92 Å². The zero-order valence-corrected chi connectivity index (χ0v) is 8.66. The largest absolute Gasteiger partial charge is 0.376 e. The lowest BCUT2D eigenvalue weighted by atomic mass is 10.3. The predicted octanol–water partition coefficient (Wildman–Crippen LogP) is -1.22. The summed E-state index contributed by atoms with van der Waals surface area (Å²) in [5, 5.41) is 2.78. The van der Waals surface area contributed by atoms with Crippen molar-refractivity contribution in [3.05, 3.63) is 0 Å². The van der Waals surface area contributed by atoms with E-state index in [4.69, 9.17) is 10.5 Å². The van der Waals surface area contributed by atoms with Gasteiger partial charge in [-0.15, -0.1) is 0 Å². The number of nitrogens with one attached hydrogen (secondary N) is 1.